The first-order chi connectivity index (χ1) is 14.9. The number of rotatable bonds is 5. The quantitative estimate of drug-likeness (QED) is 0.570. The molecule has 156 valence electrons. The van der Waals surface area contributed by atoms with Gasteiger partial charge in [0.05, 0.1) is 11.3 Å². The van der Waals surface area contributed by atoms with Crippen LogP contribution in [0.25, 0.3) is 5.57 Å². The van der Waals surface area contributed by atoms with Gasteiger partial charge in [0.1, 0.15) is 5.70 Å². The van der Waals surface area contributed by atoms with Crippen LogP contribution in [0.3, 0.4) is 0 Å². The van der Waals surface area contributed by atoms with E-state index in [0.29, 0.717) is 27.5 Å². The third-order valence-corrected chi connectivity index (χ3v) is 5.62. The summed E-state index contributed by atoms with van der Waals surface area (Å²) < 4.78 is 0. The van der Waals surface area contributed by atoms with E-state index in [0.717, 1.165) is 11.3 Å². The van der Waals surface area contributed by atoms with Crippen LogP contribution in [-0.4, -0.2) is 25.9 Å². The van der Waals surface area contributed by atoms with Crippen LogP contribution in [0.5, 0.6) is 0 Å². The lowest BCUT2D eigenvalue weighted by atomic mass is 10.0. The van der Waals surface area contributed by atoms with E-state index in [1.165, 1.54) is 4.90 Å². The Labute approximate surface area is 186 Å². The molecule has 0 spiro atoms. The molecule has 3 aromatic carbocycles. The maximum Gasteiger partial charge on any atom is 0.282 e. The van der Waals surface area contributed by atoms with Gasteiger partial charge in [-0.05, 0) is 54.4 Å². The average Bonchev–Trinajstić information content (AvgIpc) is 3.01. The Balaban J connectivity index is 1.77. The monoisotopic (exact) mass is 431 g/mol. The number of nitrogens with one attached hydrogen (secondary N) is 1. The van der Waals surface area contributed by atoms with Gasteiger partial charge in [0.25, 0.3) is 11.8 Å². The third kappa shape index (κ3) is 3.92. The summed E-state index contributed by atoms with van der Waals surface area (Å²) >= 11 is 6.26. The molecule has 4 rings (SSSR count). The van der Waals surface area contributed by atoms with Crippen molar-refractivity contribution in [1.82, 2.24) is 0 Å². The van der Waals surface area contributed by atoms with Gasteiger partial charge in [-0.2, -0.15) is 0 Å². The van der Waals surface area contributed by atoms with Crippen LogP contribution in [-0.2, 0) is 9.59 Å². The van der Waals surface area contributed by atoms with Crippen LogP contribution in [0, 0.1) is 6.92 Å². The number of benzene rings is 3. The van der Waals surface area contributed by atoms with E-state index in [4.69, 9.17) is 11.6 Å². The second-order valence-electron chi connectivity index (χ2n) is 7.56. The summed E-state index contributed by atoms with van der Waals surface area (Å²) in [6.07, 6.45) is 0. The van der Waals surface area contributed by atoms with Gasteiger partial charge in [-0.25, -0.2) is 4.90 Å². The molecule has 1 heterocycles. The predicted molar refractivity (Wildman–Crippen MR) is 126 cm³/mol. The topological polar surface area (TPSA) is 52.7 Å². The zero-order chi connectivity index (χ0) is 22.1. The van der Waals surface area contributed by atoms with Gasteiger partial charge in [0.15, 0.2) is 0 Å². The number of amides is 2. The highest BCUT2D eigenvalue weighted by atomic mass is 35.5. The highest BCUT2D eigenvalue weighted by Gasteiger charge is 2.40. The van der Waals surface area contributed by atoms with Crippen molar-refractivity contribution in [3.8, 4) is 0 Å². The Bertz CT molecular complexity index is 1190. The number of halogens is 1. The van der Waals surface area contributed by atoms with E-state index in [1.807, 2.05) is 80.5 Å². The molecular formula is C25H22ClN3O2. The molecule has 2 amide bonds. The fourth-order valence-electron chi connectivity index (χ4n) is 3.47. The molecule has 0 aliphatic carbocycles. The second-order valence-corrected chi connectivity index (χ2v) is 7.97. The number of carbonyl (C=O) groups is 2. The van der Waals surface area contributed by atoms with E-state index in [1.54, 1.807) is 18.2 Å². The first-order valence-corrected chi connectivity index (χ1v) is 10.2. The number of nitrogens with zero attached hydrogens (tertiary/aromatic N) is 2. The molecule has 1 aliphatic rings. The summed E-state index contributed by atoms with van der Waals surface area (Å²) in [6.45, 7) is 1.91. The fourth-order valence-corrected chi connectivity index (χ4v) is 3.65. The third-order valence-electron chi connectivity index (χ3n) is 5.21. The number of hydrogen-bond acceptors (Lipinski definition) is 4. The molecule has 0 radical (unpaired) electrons. The van der Waals surface area contributed by atoms with Crippen molar-refractivity contribution in [3.63, 3.8) is 0 Å². The van der Waals surface area contributed by atoms with Gasteiger partial charge in [-0.3, -0.25) is 9.59 Å². The minimum Gasteiger partial charge on any atom is -0.378 e. The van der Waals surface area contributed by atoms with Crippen LogP contribution in [0.1, 0.15) is 11.1 Å². The minimum atomic E-state index is -0.404. The summed E-state index contributed by atoms with van der Waals surface area (Å²) in [5, 5.41) is 3.73. The molecular weight excluding hydrogens is 410 g/mol. The molecule has 5 nitrogen and oxygen atoms in total. The largest absolute Gasteiger partial charge is 0.378 e. The maximum atomic E-state index is 13.4. The molecule has 3 aromatic rings. The Morgan fingerprint density at radius 2 is 1.55 bits per heavy atom. The Hall–Kier alpha value is -3.57. The second kappa shape index (κ2) is 8.28. The summed E-state index contributed by atoms with van der Waals surface area (Å²) in [5.41, 5.74) is 4.31. The molecule has 0 saturated heterocycles. The number of imide groups is 1. The van der Waals surface area contributed by atoms with E-state index >= 15 is 0 Å². The molecule has 0 unspecified atom stereocenters. The molecule has 0 aromatic heterocycles. The smallest absolute Gasteiger partial charge is 0.282 e. The van der Waals surface area contributed by atoms with Crippen LogP contribution in [0.15, 0.2) is 78.5 Å². The molecule has 0 saturated carbocycles. The molecule has 6 heteroatoms. The zero-order valence-electron chi connectivity index (χ0n) is 17.5. The average molecular weight is 432 g/mol. The van der Waals surface area contributed by atoms with Crippen molar-refractivity contribution in [2.24, 2.45) is 0 Å². The first kappa shape index (κ1) is 20.7. The predicted octanol–water partition coefficient (Wildman–Crippen LogP) is 5.11. The van der Waals surface area contributed by atoms with E-state index < -0.39 is 5.91 Å². The number of aryl methyl sites for hydroxylation is 1. The first-order valence-electron chi connectivity index (χ1n) is 9.86. The highest BCUT2D eigenvalue weighted by molar-refractivity contribution is 6.46. The SMILES string of the molecule is Cc1ccc(NC2=C(c3ccccc3)C(=O)N(c3ccc(N(C)C)cc3)C2=O)cc1Cl. The van der Waals surface area contributed by atoms with E-state index in [2.05, 4.69) is 5.32 Å². The van der Waals surface area contributed by atoms with Gasteiger partial charge in [0.2, 0.25) is 0 Å². The summed E-state index contributed by atoms with van der Waals surface area (Å²) in [7, 11) is 3.87. The van der Waals surface area contributed by atoms with Crippen molar-refractivity contribution in [2.75, 3.05) is 29.2 Å². The summed E-state index contributed by atoms with van der Waals surface area (Å²) in [5.74, 6) is -0.771. The molecule has 1 N–H and O–H groups in total. The van der Waals surface area contributed by atoms with Gasteiger partial charge < -0.3 is 10.2 Å². The Morgan fingerprint density at radius 3 is 2.16 bits per heavy atom. The Morgan fingerprint density at radius 1 is 0.871 bits per heavy atom. The van der Waals surface area contributed by atoms with Crippen molar-refractivity contribution < 1.29 is 9.59 Å². The minimum absolute atomic E-state index is 0.229. The van der Waals surface area contributed by atoms with Crippen LogP contribution in [0.2, 0.25) is 5.02 Å². The van der Waals surface area contributed by atoms with Crippen molar-refractivity contribution in [1.29, 1.82) is 0 Å². The van der Waals surface area contributed by atoms with Crippen molar-refractivity contribution in [3.05, 3.63) is 94.6 Å². The highest BCUT2D eigenvalue weighted by Crippen LogP contribution is 2.34. The standard InChI is InChI=1S/C25H22ClN3O2/c1-16-9-10-18(15-21(16)26)27-23-22(17-7-5-4-6-8-17)24(30)29(25(23)31)20-13-11-19(12-14-20)28(2)3/h4-15,27H,1-3H3. The Kier molecular flexibility index (Phi) is 5.53. The molecule has 0 bridgehead atoms. The lowest BCUT2D eigenvalue weighted by molar-refractivity contribution is -0.120. The van der Waals surface area contributed by atoms with Crippen molar-refractivity contribution in [2.45, 2.75) is 6.92 Å². The normalized spacial score (nSPS) is 13.7. The van der Waals surface area contributed by atoms with E-state index in [9.17, 15) is 9.59 Å². The summed E-state index contributed by atoms with van der Waals surface area (Å²) in [4.78, 5) is 30.0. The molecule has 31 heavy (non-hydrogen) atoms. The van der Waals surface area contributed by atoms with Gasteiger partial charge in [-0.1, -0.05) is 48.0 Å². The van der Waals surface area contributed by atoms with Crippen LogP contribution >= 0.6 is 11.6 Å². The van der Waals surface area contributed by atoms with Crippen LogP contribution < -0.4 is 15.1 Å². The number of anilines is 3. The van der Waals surface area contributed by atoms with E-state index in [-0.39, 0.29) is 11.6 Å². The van der Waals surface area contributed by atoms with Gasteiger partial charge in [-0.15, -0.1) is 0 Å². The molecule has 1 aliphatic heterocycles. The molecule has 0 atom stereocenters. The number of hydrogen-bond donors (Lipinski definition) is 1. The molecule has 0 fully saturated rings. The lowest BCUT2D eigenvalue weighted by Crippen LogP contribution is -2.32. The number of carbonyl (C=O) groups excluding carboxylic acids is 2. The lowest BCUT2D eigenvalue weighted by Gasteiger charge is -2.18. The van der Waals surface area contributed by atoms with Gasteiger partial charge >= 0.3 is 0 Å². The van der Waals surface area contributed by atoms with Crippen LogP contribution in [0.4, 0.5) is 17.1 Å². The van der Waals surface area contributed by atoms with Crippen molar-refractivity contribution >= 4 is 46.1 Å². The maximum absolute atomic E-state index is 13.4. The summed E-state index contributed by atoms with van der Waals surface area (Å²) in [6, 6.07) is 22.0. The van der Waals surface area contributed by atoms with Gasteiger partial charge in [0, 0.05) is 30.5 Å². The fraction of sp³-hybridized carbons (Fsp3) is 0.120. The zero-order valence-corrected chi connectivity index (χ0v) is 18.3.